The fourth-order valence-electron chi connectivity index (χ4n) is 1.99. The molecule has 0 unspecified atom stereocenters. The summed E-state index contributed by atoms with van der Waals surface area (Å²) in [5.41, 5.74) is 0. The molecule has 1 heteroatoms. The summed E-state index contributed by atoms with van der Waals surface area (Å²) in [7, 11) is 0. The summed E-state index contributed by atoms with van der Waals surface area (Å²) >= 11 is 0. The Morgan fingerprint density at radius 1 is 1.00 bits per heavy atom. The summed E-state index contributed by atoms with van der Waals surface area (Å²) in [6.07, 6.45) is 5.99. The fraction of sp³-hybridized carbons (Fsp3) is 1.00. The molecule has 1 N–H and O–H groups in total. The maximum Gasteiger partial charge on any atom is -0.00174 e. The summed E-state index contributed by atoms with van der Waals surface area (Å²) < 4.78 is 0. The molecule has 0 radical (unpaired) electrons. The molecule has 1 aliphatic carbocycles. The van der Waals surface area contributed by atoms with Crippen LogP contribution >= 0.6 is 0 Å². The second-order valence-corrected chi connectivity index (χ2v) is 3.44. The van der Waals surface area contributed by atoms with Gasteiger partial charge in [0.2, 0.25) is 0 Å². The van der Waals surface area contributed by atoms with Crippen LogP contribution in [-0.2, 0) is 0 Å². The molecule has 0 bridgehead atoms. The minimum Gasteiger partial charge on any atom is -0.316 e. The van der Waals surface area contributed by atoms with E-state index in [0.717, 1.165) is 11.8 Å². The van der Waals surface area contributed by atoms with Gasteiger partial charge in [-0.25, -0.2) is 0 Å². The molecule has 1 saturated carbocycles. The van der Waals surface area contributed by atoms with Gasteiger partial charge in [0.25, 0.3) is 0 Å². The lowest BCUT2D eigenvalue weighted by molar-refractivity contribution is 0.220. The zero-order valence-corrected chi connectivity index (χ0v) is 5.90. The van der Waals surface area contributed by atoms with Gasteiger partial charge in [-0.3, -0.25) is 0 Å². The molecule has 0 amide bonds. The van der Waals surface area contributed by atoms with Gasteiger partial charge >= 0.3 is 0 Å². The van der Waals surface area contributed by atoms with Gasteiger partial charge in [0, 0.05) is 0 Å². The number of hydrogen-bond donors (Lipinski definition) is 1. The minimum absolute atomic E-state index is 1.05. The zero-order valence-electron chi connectivity index (χ0n) is 5.90. The predicted molar refractivity (Wildman–Crippen MR) is 38.3 cm³/mol. The van der Waals surface area contributed by atoms with Crippen LogP contribution in [0.4, 0.5) is 0 Å². The lowest BCUT2D eigenvalue weighted by atomic mass is 9.75. The molecule has 0 aromatic heterocycles. The largest absolute Gasteiger partial charge is 0.316 e. The lowest BCUT2D eigenvalue weighted by Gasteiger charge is -2.30. The Hall–Kier alpha value is -0.0400. The summed E-state index contributed by atoms with van der Waals surface area (Å²) in [6, 6.07) is 0. The average molecular weight is 125 g/mol. The minimum atomic E-state index is 1.05. The summed E-state index contributed by atoms with van der Waals surface area (Å²) in [5.74, 6) is 2.17. The van der Waals surface area contributed by atoms with Crippen molar-refractivity contribution in [3.8, 4) is 0 Å². The van der Waals surface area contributed by atoms with Crippen molar-refractivity contribution in [2.45, 2.75) is 25.7 Å². The van der Waals surface area contributed by atoms with Crippen LogP contribution in [0.1, 0.15) is 25.7 Å². The molecule has 2 fully saturated rings. The van der Waals surface area contributed by atoms with Crippen molar-refractivity contribution >= 4 is 0 Å². The van der Waals surface area contributed by atoms with Crippen molar-refractivity contribution < 1.29 is 0 Å². The maximum atomic E-state index is 3.42. The van der Waals surface area contributed by atoms with Gasteiger partial charge in [0.15, 0.2) is 0 Å². The first-order valence-corrected chi connectivity index (χ1v) is 4.17. The molecule has 1 saturated heterocycles. The lowest BCUT2D eigenvalue weighted by Crippen LogP contribution is -2.23. The van der Waals surface area contributed by atoms with Crippen LogP contribution in [-0.4, -0.2) is 13.1 Å². The molecule has 1 heterocycles. The van der Waals surface area contributed by atoms with E-state index in [-0.39, 0.29) is 0 Å². The van der Waals surface area contributed by atoms with E-state index < -0.39 is 0 Å². The molecular weight excluding hydrogens is 110 g/mol. The Balaban J connectivity index is 1.82. The van der Waals surface area contributed by atoms with Crippen molar-refractivity contribution in [1.82, 2.24) is 5.32 Å². The highest BCUT2D eigenvalue weighted by atomic mass is 14.9. The van der Waals surface area contributed by atoms with Crippen molar-refractivity contribution in [2.75, 3.05) is 13.1 Å². The molecule has 2 aliphatic rings. The van der Waals surface area contributed by atoms with E-state index in [1.165, 1.54) is 38.8 Å². The third-order valence-corrected chi connectivity index (χ3v) is 2.91. The Morgan fingerprint density at radius 3 is 2.33 bits per heavy atom. The van der Waals surface area contributed by atoms with Gasteiger partial charge in [0.05, 0.1) is 0 Å². The van der Waals surface area contributed by atoms with Crippen LogP contribution in [0.3, 0.4) is 0 Å². The van der Waals surface area contributed by atoms with E-state index in [2.05, 4.69) is 5.32 Å². The highest BCUT2D eigenvalue weighted by Gasteiger charge is 2.28. The number of hydrogen-bond acceptors (Lipinski definition) is 1. The molecule has 52 valence electrons. The second kappa shape index (κ2) is 2.30. The van der Waals surface area contributed by atoms with Crippen LogP contribution in [0.25, 0.3) is 0 Å². The highest BCUT2D eigenvalue weighted by Crippen LogP contribution is 2.35. The van der Waals surface area contributed by atoms with Crippen LogP contribution in [0, 0.1) is 11.8 Å². The molecule has 0 spiro atoms. The smallest absolute Gasteiger partial charge is 0.00174 e. The normalized spacial score (nSPS) is 36.7. The first-order valence-electron chi connectivity index (χ1n) is 4.17. The van der Waals surface area contributed by atoms with Crippen molar-refractivity contribution in [2.24, 2.45) is 11.8 Å². The van der Waals surface area contributed by atoms with Crippen molar-refractivity contribution in [1.29, 1.82) is 0 Å². The molecule has 1 atom stereocenters. The molecule has 9 heavy (non-hydrogen) atoms. The molecule has 1 aliphatic heterocycles. The highest BCUT2D eigenvalue weighted by molar-refractivity contribution is 4.82. The summed E-state index contributed by atoms with van der Waals surface area (Å²) in [5, 5.41) is 3.42. The van der Waals surface area contributed by atoms with Gasteiger partial charge in [-0.1, -0.05) is 19.3 Å². The van der Waals surface area contributed by atoms with E-state index >= 15 is 0 Å². The molecule has 0 aromatic rings. The molecule has 0 aromatic carbocycles. The Bertz CT molecular complexity index is 90.7. The fourth-order valence-corrected chi connectivity index (χ4v) is 1.99. The zero-order chi connectivity index (χ0) is 6.10. The van der Waals surface area contributed by atoms with Crippen molar-refractivity contribution in [3.63, 3.8) is 0 Å². The van der Waals surface area contributed by atoms with E-state index in [1.54, 1.807) is 0 Å². The Labute approximate surface area is 56.8 Å². The second-order valence-electron chi connectivity index (χ2n) is 3.44. The van der Waals surface area contributed by atoms with Gasteiger partial charge in [0.1, 0.15) is 0 Å². The SMILES string of the molecule is C1CC([C@H]2CCNC2)C1. The first kappa shape index (κ1) is 5.72. The molecule has 2 rings (SSSR count). The van der Waals surface area contributed by atoms with Gasteiger partial charge in [-0.2, -0.15) is 0 Å². The van der Waals surface area contributed by atoms with Gasteiger partial charge < -0.3 is 5.32 Å². The van der Waals surface area contributed by atoms with E-state index in [1.807, 2.05) is 0 Å². The monoisotopic (exact) mass is 125 g/mol. The standard InChI is InChI=1S/C8H15N/c1-2-7(3-1)8-4-5-9-6-8/h7-9H,1-6H2/t8-/m0/s1. The van der Waals surface area contributed by atoms with Crippen molar-refractivity contribution in [3.05, 3.63) is 0 Å². The third kappa shape index (κ3) is 0.983. The van der Waals surface area contributed by atoms with E-state index in [0.29, 0.717) is 0 Å². The average Bonchev–Trinajstić information content (AvgIpc) is 2.11. The van der Waals surface area contributed by atoms with Gasteiger partial charge in [-0.15, -0.1) is 0 Å². The van der Waals surface area contributed by atoms with Crippen LogP contribution in [0.5, 0.6) is 0 Å². The molecular formula is C8H15N. The van der Waals surface area contributed by atoms with E-state index in [4.69, 9.17) is 0 Å². The van der Waals surface area contributed by atoms with E-state index in [9.17, 15) is 0 Å². The Kier molecular flexibility index (Phi) is 1.46. The Morgan fingerprint density at radius 2 is 1.89 bits per heavy atom. The third-order valence-electron chi connectivity index (χ3n) is 2.91. The van der Waals surface area contributed by atoms with Crippen LogP contribution in [0.2, 0.25) is 0 Å². The van der Waals surface area contributed by atoms with Crippen LogP contribution in [0.15, 0.2) is 0 Å². The van der Waals surface area contributed by atoms with Gasteiger partial charge in [-0.05, 0) is 31.3 Å². The number of nitrogens with one attached hydrogen (secondary N) is 1. The number of rotatable bonds is 1. The maximum absolute atomic E-state index is 3.42. The quantitative estimate of drug-likeness (QED) is 0.558. The summed E-state index contributed by atoms with van der Waals surface area (Å²) in [6.45, 7) is 2.59. The summed E-state index contributed by atoms with van der Waals surface area (Å²) in [4.78, 5) is 0. The first-order chi connectivity index (χ1) is 4.47. The van der Waals surface area contributed by atoms with Crippen LogP contribution < -0.4 is 5.32 Å². The topological polar surface area (TPSA) is 12.0 Å². The predicted octanol–water partition coefficient (Wildman–Crippen LogP) is 1.40. The molecule has 1 nitrogen and oxygen atoms in total.